The number of nitrogens with zero attached hydrogens (tertiary/aromatic N) is 4. The predicted octanol–water partition coefficient (Wildman–Crippen LogP) is 3.93. The second kappa shape index (κ2) is 6.59. The molecule has 5 aromatic rings. The molecule has 0 saturated heterocycles. The summed E-state index contributed by atoms with van der Waals surface area (Å²) in [6.45, 7) is -0.284. The van der Waals surface area contributed by atoms with E-state index in [1.165, 1.54) is 37.1 Å². The van der Waals surface area contributed by atoms with Gasteiger partial charge in [-0.05, 0) is 42.0 Å². The van der Waals surface area contributed by atoms with Crippen LogP contribution in [0.5, 0.6) is 0 Å². The standard InChI is InChI=1S/C21H12F2N4O2/c22-17-7-13(14-6-12-3-5-29-20(12)25-9-14)8-18(23)16(17)10-27-11-26-19-15(21(27)28)2-1-4-24-19/h1-9,11H,10H2. The monoisotopic (exact) mass is 390 g/mol. The van der Waals surface area contributed by atoms with Crippen molar-refractivity contribution < 1.29 is 13.2 Å². The Balaban J connectivity index is 1.55. The van der Waals surface area contributed by atoms with E-state index in [4.69, 9.17) is 4.42 Å². The van der Waals surface area contributed by atoms with E-state index < -0.39 is 17.2 Å². The maximum Gasteiger partial charge on any atom is 0.263 e. The fraction of sp³-hybridized carbons (Fsp3) is 0.0476. The zero-order valence-corrected chi connectivity index (χ0v) is 14.8. The van der Waals surface area contributed by atoms with Crippen molar-refractivity contribution in [1.29, 1.82) is 0 Å². The molecule has 0 N–H and O–H groups in total. The number of hydrogen-bond donors (Lipinski definition) is 0. The van der Waals surface area contributed by atoms with E-state index in [-0.39, 0.29) is 23.1 Å². The minimum Gasteiger partial charge on any atom is -0.446 e. The van der Waals surface area contributed by atoms with Crippen LogP contribution in [0, 0.1) is 11.6 Å². The summed E-state index contributed by atoms with van der Waals surface area (Å²) in [6.07, 6.45) is 5.75. The molecule has 29 heavy (non-hydrogen) atoms. The van der Waals surface area contributed by atoms with Gasteiger partial charge in [0.25, 0.3) is 5.56 Å². The molecule has 0 spiro atoms. The third-order valence-electron chi connectivity index (χ3n) is 4.71. The number of benzene rings is 1. The van der Waals surface area contributed by atoms with Crippen LogP contribution in [0.15, 0.2) is 70.6 Å². The molecule has 0 bridgehead atoms. The van der Waals surface area contributed by atoms with Gasteiger partial charge in [-0.1, -0.05) is 0 Å². The Morgan fingerprint density at radius 1 is 1.00 bits per heavy atom. The van der Waals surface area contributed by atoms with Gasteiger partial charge in [0, 0.05) is 28.9 Å². The molecule has 0 aliphatic heterocycles. The summed E-state index contributed by atoms with van der Waals surface area (Å²) in [7, 11) is 0. The van der Waals surface area contributed by atoms with Gasteiger partial charge < -0.3 is 4.42 Å². The molecular weight excluding hydrogens is 378 g/mol. The van der Waals surface area contributed by atoms with Gasteiger partial charge in [0.15, 0.2) is 5.65 Å². The molecule has 0 fully saturated rings. The molecule has 0 amide bonds. The molecule has 0 atom stereocenters. The van der Waals surface area contributed by atoms with Gasteiger partial charge in [-0.15, -0.1) is 0 Å². The van der Waals surface area contributed by atoms with E-state index >= 15 is 0 Å². The van der Waals surface area contributed by atoms with Crippen LogP contribution in [0.4, 0.5) is 8.78 Å². The van der Waals surface area contributed by atoms with E-state index in [0.717, 1.165) is 9.95 Å². The lowest BCUT2D eigenvalue weighted by Gasteiger charge is -2.10. The van der Waals surface area contributed by atoms with Crippen molar-refractivity contribution in [2.75, 3.05) is 0 Å². The summed E-state index contributed by atoms with van der Waals surface area (Å²) in [5.74, 6) is -1.52. The van der Waals surface area contributed by atoms with E-state index in [9.17, 15) is 13.6 Å². The molecule has 0 aliphatic carbocycles. The molecule has 4 aromatic heterocycles. The zero-order chi connectivity index (χ0) is 20.0. The molecule has 0 unspecified atom stereocenters. The van der Waals surface area contributed by atoms with Gasteiger partial charge in [0.1, 0.15) is 18.0 Å². The maximum absolute atomic E-state index is 14.8. The molecule has 142 valence electrons. The first-order chi connectivity index (χ1) is 14.1. The average molecular weight is 390 g/mol. The van der Waals surface area contributed by atoms with Crippen LogP contribution in [-0.2, 0) is 6.54 Å². The van der Waals surface area contributed by atoms with Gasteiger partial charge in [-0.3, -0.25) is 9.36 Å². The Labute approximate surface area is 162 Å². The molecule has 0 radical (unpaired) electrons. The van der Waals surface area contributed by atoms with Crippen LogP contribution in [0.25, 0.3) is 33.3 Å². The summed E-state index contributed by atoms with van der Waals surface area (Å²) >= 11 is 0. The fourth-order valence-corrected chi connectivity index (χ4v) is 3.22. The molecule has 5 rings (SSSR count). The number of hydrogen-bond acceptors (Lipinski definition) is 5. The van der Waals surface area contributed by atoms with Crippen molar-refractivity contribution in [3.05, 3.63) is 88.9 Å². The second-order valence-corrected chi connectivity index (χ2v) is 6.51. The normalized spacial score (nSPS) is 11.4. The molecule has 0 aliphatic rings. The first-order valence-electron chi connectivity index (χ1n) is 8.72. The number of furan rings is 1. The van der Waals surface area contributed by atoms with Gasteiger partial charge in [0.2, 0.25) is 5.71 Å². The number of aromatic nitrogens is 4. The molecule has 8 heteroatoms. The first kappa shape index (κ1) is 17.2. The number of rotatable bonds is 3. The Kier molecular flexibility index (Phi) is 3.90. The molecule has 4 heterocycles. The molecule has 0 saturated carbocycles. The van der Waals surface area contributed by atoms with Crippen LogP contribution in [0.1, 0.15) is 5.56 Å². The lowest BCUT2D eigenvalue weighted by Crippen LogP contribution is -2.22. The summed E-state index contributed by atoms with van der Waals surface area (Å²) in [5, 5.41) is 1.02. The Bertz CT molecular complexity index is 1420. The highest BCUT2D eigenvalue weighted by Crippen LogP contribution is 2.27. The van der Waals surface area contributed by atoms with Crippen LogP contribution >= 0.6 is 0 Å². The van der Waals surface area contributed by atoms with E-state index in [1.54, 1.807) is 24.3 Å². The summed E-state index contributed by atoms with van der Waals surface area (Å²) < 4.78 is 35.8. The van der Waals surface area contributed by atoms with Crippen molar-refractivity contribution in [2.24, 2.45) is 0 Å². The van der Waals surface area contributed by atoms with E-state index in [2.05, 4.69) is 15.0 Å². The predicted molar refractivity (Wildman–Crippen MR) is 102 cm³/mol. The highest BCUT2D eigenvalue weighted by Gasteiger charge is 2.15. The van der Waals surface area contributed by atoms with Gasteiger partial charge in [-0.25, -0.2) is 23.7 Å². The topological polar surface area (TPSA) is 73.8 Å². The lowest BCUT2D eigenvalue weighted by molar-refractivity contribution is 0.541. The molecular formula is C21H12F2N4O2. The maximum atomic E-state index is 14.8. The first-order valence-corrected chi connectivity index (χ1v) is 8.72. The van der Waals surface area contributed by atoms with E-state index in [1.807, 2.05) is 0 Å². The number of halogens is 2. The Morgan fingerprint density at radius 3 is 2.66 bits per heavy atom. The van der Waals surface area contributed by atoms with Gasteiger partial charge >= 0.3 is 0 Å². The van der Waals surface area contributed by atoms with Crippen LogP contribution in [0.3, 0.4) is 0 Å². The van der Waals surface area contributed by atoms with Crippen molar-refractivity contribution >= 4 is 22.1 Å². The summed E-state index contributed by atoms with van der Waals surface area (Å²) in [4.78, 5) is 24.8. The van der Waals surface area contributed by atoms with Crippen LogP contribution in [-0.4, -0.2) is 19.5 Å². The second-order valence-electron chi connectivity index (χ2n) is 6.51. The molecule has 1 aromatic carbocycles. The summed E-state index contributed by atoms with van der Waals surface area (Å²) in [5.41, 5.74) is 0.987. The Hall–Kier alpha value is -3.94. The van der Waals surface area contributed by atoms with Gasteiger partial charge in [0.05, 0.1) is 18.2 Å². The molecule has 6 nitrogen and oxygen atoms in total. The van der Waals surface area contributed by atoms with Crippen LogP contribution < -0.4 is 5.56 Å². The fourth-order valence-electron chi connectivity index (χ4n) is 3.22. The van der Waals surface area contributed by atoms with Crippen molar-refractivity contribution in [3.63, 3.8) is 0 Å². The third kappa shape index (κ3) is 2.94. The number of pyridine rings is 2. The van der Waals surface area contributed by atoms with Crippen molar-refractivity contribution in [2.45, 2.75) is 6.54 Å². The smallest absolute Gasteiger partial charge is 0.263 e. The zero-order valence-electron chi connectivity index (χ0n) is 14.8. The van der Waals surface area contributed by atoms with Crippen LogP contribution in [0.2, 0.25) is 0 Å². The highest BCUT2D eigenvalue weighted by molar-refractivity contribution is 5.80. The average Bonchev–Trinajstić information content (AvgIpc) is 3.20. The summed E-state index contributed by atoms with van der Waals surface area (Å²) in [6, 6.07) is 9.09. The van der Waals surface area contributed by atoms with E-state index in [0.29, 0.717) is 16.8 Å². The third-order valence-corrected chi connectivity index (χ3v) is 4.71. The van der Waals surface area contributed by atoms with Crippen molar-refractivity contribution in [3.8, 4) is 11.1 Å². The van der Waals surface area contributed by atoms with Gasteiger partial charge in [-0.2, -0.15) is 0 Å². The Morgan fingerprint density at radius 2 is 1.83 bits per heavy atom. The quantitative estimate of drug-likeness (QED) is 0.467. The minimum absolute atomic E-state index is 0.224. The minimum atomic E-state index is -0.759. The number of fused-ring (bicyclic) bond motifs is 2. The lowest BCUT2D eigenvalue weighted by atomic mass is 10.0. The largest absolute Gasteiger partial charge is 0.446 e. The SMILES string of the molecule is O=c1c2cccnc2ncn1Cc1c(F)cc(-c2cnc3occc3c2)cc1F. The highest BCUT2D eigenvalue weighted by atomic mass is 19.1. The van der Waals surface area contributed by atoms with Crippen molar-refractivity contribution in [1.82, 2.24) is 19.5 Å².